The van der Waals surface area contributed by atoms with Crippen molar-refractivity contribution in [1.29, 1.82) is 0 Å². The third-order valence-electron chi connectivity index (χ3n) is 4.06. The fourth-order valence-electron chi connectivity index (χ4n) is 2.71. The van der Waals surface area contributed by atoms with Gasteiger partial charge in [0.05, 0.1) is 10.7 Å². The molecule has 2 N–H and O–H groups in total. The number of nitrogens with zero attached hydrogens (tertiary/aromatic N) is 2. The van der Waals surface area contributed by atoms with Gasteiger partial charge in [0.15, 0.2) is 0 Å². The molecule has 2 amide bonds. The smallest absolute Gasteiger partial charge is 0.274 e. The van der Waals surface area contributed by atoms with Crippen molar-refractivity contribution < 1.29 is 9.59 Å². The zero-order valence-electron chi connectivity index (χ0n) is 15.5. The Bertz CT molecular complexity index is 999. The van der Waals surface area contributed by atoms with Crippen LogP contribution < -0.4 is 10.6 Å². The van der Waals surface area contributed by atoms with Gasteiger partial charge in [0, 0.05) is 18.9 Å². The van der Waals surface area contributed by atoms with Gasteiger partial charge in [-0.05, 0) is 54.8 Å². The van der Waals surface area contributed by atoms with E-state index < -0.39 is 5.91 Å². The Hall–Kier alpha value is -3.25. The summed E-state index contributed by atoms with van der Waals surface area (Å²) in [6.07, 6.45) is 3.34. The van der Waals surface area contributed by atoms with E-state index in [1.165, 1.54) is 0 Å². The van der Waals surface area contributed by atoms with Crippen LogP contribution in [0.2, 0.25) is 5.02 Å². The second-order valence-corrected chi connectivity index (χ2v) is 6.75. The minimum atomic E-state index is -0.434. The summed E-state index contributed by atoms with van der Waals surface area (Å²) >= 11 is 6.24. The number of benzene rings is 1. The molecule has 28 heavy (non-hydrogen) atoms. The van der Waals surface area contributed by atoms with E-state index in [4.69, 9.17) is 11.6 Å². The lowest BCUT2D eigenvalue weighted by atomic mass is 10.1. The number of pyridine rings is 2. The van der Waals surface area contributed by atoms with Gasteiger partial charge in [-0.3, -0.25) is 14.6 Å². The van der Waals surface area contributed by atoms with Crippen LogP contribution in [0, 0.1) is 13.8 Å². The predicted octanol–water partition coefficient (Wildman–Crippen LogP) is 3.93. The van der Waals surface area contributed by atoms with Gasteiger partial charge in [-0.1, -0.05) is 29.8 Å². The molecule has 142 valence electrons. The lowest BCUT2D eigenvalue weighted by Gasteiger charge is -2.12. The number of rotatable bonds is 5. The molecular weight excluding hydrogens is 376 g/mol. The van der Waals surface area contributed by atoms with Gasteiger partial charge in [-0.25, -0.2) is 4.98 Å². The van der Waals surface area contributed by atoms with Crippen LogP contribution in [0.4, 0.5) is 5.69 Å². The average molecular weight is 395 g/mol. The second kappa shape index (κ2) is 8.63. The second-order valence-electron chi connectivity index (χ2n) is 6.34. The van der Waals surface area contributed by atoms with Crippen molar-refractivity contribution in [3.8, 4) is 0 Å². The molecule has 2 aromatic heterocycles. The van der Waals surface area contributed by atoms with Crippen LogP contribution in [-0.4, -0.2) is 21.8 Å². The molecule has 2 heterocycles. The van der Waals surface area contributed by atoms with Crippen LogP contribution in [0.3, 0.4) is 0 Å². The Morgan fingerprint density at radius 3 is 2.46 bits per heavy atom. The van der Waals surface area contributed by atoms with Gasteiger partial charge in [-0.15, -0.1) is 0 Å². The van der Waals surface area contributed by atoms with Crippen molar-refractivity contribution in [2.45, 2.75) is 20.4 Å². The quantitative estimate of drug-likeness (QED) is 0.686. The van der Waals surface area contributed by atoms with Gasteiger partial charge in [0.2, 0.25) is 0 Å². The molecule has 0 unspecified atom stereocenters. The molecule has 0 bridgehead atoms. The van der Waals surface area contributed by atoms with Gasteiger partial charge in [-0.2, -0.15) is 0 Å². The zero-order chi connectivity index (χ0) is 20.1. The number of aromatic nitrogens is 2. The van der Waals surface area contributed by atoms with Gasteiger partial charge < -0.3 is 10.6 Å². The van der Waals surface area contributed by atoms with Crippen molar-refractivity contribution in [2.24, 2.45) is 0 Å². The van der Waals surface area contributed by atoms with Crippen molar-refractivity contribution in [1.82, 2.24) is 15.3 Å². The number of hydrogen-bond donors (Lipinski definition) is 2. The molecule has 0 aliphatic rings. The minimum absolute atomic E-state index is 0.130. The Labute approximate surface area is 168 Å². The normalized spacial score (nSPS) is 10.4. The topological polar surface area (TPSA) is 84.0 Å². The van der Waals surface area contributed by atoms with E-state index in [2.05, 4.69) is 20.6 Å². The van der Waals surface area contributed by atoms with Crippen LogP contribution in [-0.2, 0) is 6.54 Å². The van der Waals surface area contributed by atoms with Crippen LogP contribution >= 0.6 is 11.6 Å². The Kier molecular flexibility index (Phi) is 6.01. The van der Waals surface area contributed by atoms with E-state index in [-0.39, 0.29) is 17.3 Å². The SMILES string of the molecule is Cc1cc(C)c(NC(=O)c2cccc(C(=O)NCc3cccnc3)n2)c(Cl)c1. The highest BCUT2D eigenvalue weighted by Gasteiger charge is 2.15. The Morgan fingerprint density at radius 2 is 1.79 bits per heavy atom. The van der Waals surface area contributed by atoms with E-state index in [0.717, 1.165) is 16.7 Å². The van der Waals surface area contributed by atoms with Crippen LogP contribution in [0.25, 0.3) is 0 Å². The number of amides is 2. The van der Waals surface area contributed by atoms with E-state index in [1.807, 2.05) is 26.0 Å². The summed E-state index contributed by atoms with van der Waals surface area (Å²) in [5.41, 5.74) is 3.54. The number of carbonyl (C=O) groups is 2. The lowest BCUT2D eigenvalue weighted by Crippen LogP contribution is -2.25. The van der Waals surface area contributed by atoms with Gasteiger partial charge in [0.1, 0.15) is 11.4 Å². The third-order valence-corrected chi connectivity index (χ3v) is 4.36. The highest BCUT2D eigenvalue weighted by Crippen LogP contribution is 2.27. The lowest BCUT2D eigenvalue weighted by molar-refractivity contribution is 0.0945. The maximum atomic E-state index is 12.6. The molecule has 6 nitrogen and oxygen atoms in total. The van der Waals surface area contributed by atoms with Gasteiger partial charge in [0.25, 0.3) is 11.8 Å². The summed E-state index contributed by atoms with van der Waals surface area (Å²) in [5.74, 6) is -0.807. The molecule has 0 spiro atoms. The van der Waals surface area contributed by atoms with E-state index in [0.29, 0.717) is 17.3 Å². The molecule has 0 aliphatic carbocycles. The molecule has 1 aromatic carbocycles. The van der Waals surface area contributed by atoms with Crippen LogP contribution in [0.15, 0.2) is 54.9 Å². The fraction of sp³-hybridized carbons (Fsp3) is 0.143. The Morgan fingerprint density at radius 1 is 1.04 bits per heavy atom. The molecular formula is C21H19ClN4O2. The van der Waals surface area contributed by atoms with Gasteiger partial charge >= 0.3 is 0 Å². The van der Waals surface area contributed by atoms with Crippen molar-refractivity contribution >= 4 is 29.1 Å². The van der Waals surface area contributed by atoms with E-state index in [9.17, 15) is 9.59 Å². The number of anilines is 1. The summed E-state index contributed by atoms with van der Waals surface area (Å²) in [6.45, 7) is 4.12. The number of hydrogen-bond acceptors (Lipinski definition) is 4. The largest absolute Gasteiger partial charge is 0.347 e. The number of nitrogens with one attached hydrogen (secondary N) is 2. The minimum Gasteiger partial charge on any atom is -0.347 e. The molecule has 3 rings (SSSR count). The molecule has 3 aromatic rings. The summed E-state index contributed by atoms with van der Waals surface area (Å²) in [5, 5.41) is 5.99. The van der Waals surface area contributed by atoms with Crippen molar-refractivity contribution in [3.05, 3.63) is 88.0 Å². The first kappa shape index (κ1) is 19.5. The molecule has 0 fully saturated rings. The zero-order valence-corrected chi connectivity index (χ0v) is 16.2. The molecule has 0 saturated heterocycles. The molecule has 0 radical (unpaired) electrons. The number of halogens is 1. The first-order valence-electron chi connectivity index (χ1n) is 8.66. The maximum absolute atomic E-state index is 12.6. The first-order valence-corrected chi connectivity index (χ1v) is 9.04. The predicted molar refractivity (Wildman–Crippen MR) is 109 cm³/mol. The summed E-state index contributed by atoms with van der Waals surface area (Å²) < 4.78 is 0. The van der Waals surface area contributed by atoms with Crippen molar-refractivity contribution in [2.75, 3.05) is 5.32 Å². The average Bonchev–Trinajstić information content (AvgIpc) is 2.69. The summed E-state index contributed by atoms with van der Waals surface area (Å²) in [7, 11) is 0. The summed E-state index contributed by atoms with van der Waals surface area (Å²) in [4.78, 5) is 33.1. The fourth-order valence-corrected chi connectivity index (χ4v) is 3.08. The molecule has 0 aliphatic heterocycles. The molecule has 0 atom stereocenters. The van der Waals surface area contributed by atoms with Crippen molar-refractivity contribution in [3.63, 3.8) is 0 Å². The standard InChI is InChI=1S/C21H19ClN4O2/c1-13-9-14(2)19(16(22)10-13)26-21(28)18-7-3-6-17(25-18)20(27)24-12-15-5-4-8-23-11-15/h3-11H,12H2,1-2H3,(H,24,27)(H,26,28). The highest BCUT2D eigenvalue weighted by atomic mass is 35.5. The molecule has 7 heteroatoms. The van der Waals surface area contributed by atoms with E-state index in [1.54, 1.807) is 42.7 Å². The Balaban J connectivity index is 1.72. The summed E-state index contributed by atoms with van der Waals surface area (Å²) in [6, 6.07) is 12.1. The maximum Gasteiger partial charge on any atom is 0.274 e. The van der Waals surface area contributed by atoms with Crippen LogP contribution in [0.1, 0.15) is 37.7 Å². The first-order chi connectivity index (χ1) is 13.4. The molecule has 0 saturated carbocycles. The highest BCUT2D eigenvalue weighted by molar-refractivity contribution is 6.34. The number of aryl methyl sites for hydroxylation is 2. The van der Waals surface area contributed by atoms with E-state index >= 15 is 0 Å². The monoisotopic (exact) mass is 394 g/mol. The van der Waals surface area contributed by atoms with Crippen LogP contribution in [0.5, 0.6) is 0 Å². The third kappa shape index (κ3) is 4.72. The number of carbonyl (C=O) groups excluding carboxylic acids is 2.